The van der Waals surface area contributed by atoms with Gasteiger partial charge in [0.05, 0.1) is 0 Å². The second-order valence-electron chi connectivity index (χ2n) is 4.68. The molecule has 0 radical (unpaired) electrons. The molecule has 4 heteroatoms. The summed E-state index contributed by atoms with van der Waals surface area (Å²) in [6.07, 6.45) is 5.47. The van der Waals surface area contributed by atoms with Crippen molar-refractivity contribution < 1.29 is 4.79 Å². The van der Waals surface area contributed by atoms with E-state index in [1.807, 2.05) is 37.4 Å². The molecule has 1 amide bonds. The molecular formula is C15H15N3O. The Labute approximate surface area is 111 Å². The molecule has 1 unspecified atom stereocenters. The summed E-state index contributed by atoms with van der Waals surface area (Å²) in [5.41, 5.74) is 9.29. The van der Waals surface area contributed by atoms with Gasteiger partial charge in [-0.2, -0.15) is 0 Å². The molecule has 0 bridgehead atoms. The molecule has 2 aromatic rings. The van der Waals surface area contributed by atoms with E-state index in [0.29, 0.717) is 5.57 Å². The second kappa shape index (κ2) is 4.31. The van der Waals surface area contributed by atoms with E-state index in [-0.39, 0.29) is 5.92 Å². The summed E-state index contributed by atoms with van der Waals surface area (Å²) in [5.74, 6) is -0.499. The average Bonchev–Trinajstić information content (AvgIpc) is 2.74. The van der Waals surface area contributed by atoms with Crippen molar-refractivity contribution in [3.05, 3.63) is 59.6 Å². The van der Waals surface area contributed by atoms with E-state index in [9.17, 15) is 4.79 Å². The highest BCUT2D eigenvalue weighted by Gasteiger charge is 2.24. The largest absolute Gasteiger partial charge is 0.367 e. The number of carbonyl (C=O) groups excluding carboxylic acids is 1. The van der Waals surface area contributed by atoms with Gasteiger partial charge in [-0.25, -0.2) is 0 Å². The first-order chi connectivity index (χ1) is 9.18. The van der Waals surface area contributed by atoms with Gasteiger partial charge in [-0.05, 0) is 24.8 Å². The molecule has 0 aliphatic carbocycles. The van der Waals surface area contributed by atoms with Crippen LogP contribution in [0.5, 0.6) is 0 Å². The van der Waals surface area contributed by atoms with Crippen LogP contribution in [0, 0.1) is 6.92 Å². The second-order valence-corrected chi connectivity index (χ2v) is 4.68. The normalized spacial score (nSPS) is 18.2. The molecule has 1 aliphatic rings. The Morgan fingerprint density at radius 3 is 2.89 bits per heavy atom. The van der Waals surface area contributed by atoms with Gasteiger partial charge < -0.3 is 16.0 Å². The van der Waals surface area contributed by atoms with E-state index in [0.717, 1.165) is 22.2 Å². The van der Waals surface area contributed by atoms with Gasteiger partial charge in [0.2, 0.25) is 5.91 Å². The van der Waals surface area contributed by atoms with E-state index in [4.69, 9.17) is 5.73 Å². The van der Waals surface area contributed by atoms with Crippen LogP contribution in [0.25, 0.3) is 10.9 Å². The summed E-state index contributed by atoms with van der Waals surface area (Å²) >= 11 is 0. The standard InChI is InChI=1S/C15H15N3O/c1-9-14(11-4-2-3-5-13(11)18-9)10-6-7-17-8-12(10)15(16)19/h2-8,10,17-18H,1H3,(H2,16,19). The number of para-hydroxylation sites is 1. The van der Waals surface area contributed by atoms with Crippen LogP contribution in [0.2, 0.25) is 0 Å². The number of aromatic nitrogens is 1. The number of primary amides is 1. The molecular weight excluding hydrogens is 238 g/mol. The number of rotatable bonds is 2. The third kappa shape index (κ3) is 1.81. The van der Waals surface area contributed by atoms with Gasteiger partial charge >= 0.3 is 0 Å². The summed E-state index contributed by atoms with van der Waals surface area (Å²) < 4.78 is 0. The number of benzene rings is 1. The zero-order chi connectivity index (χ0) is 13.4. The molecule has 0 saturated carbocycles. The molecule has 2 heterocycles. The summed E-state index contributed by atoms with van der Waals surface area (Å²) in [4.78, 5) is 14.9. The summed E-state index contributed by atoms with van der Waals surface area (Å²) in [6, 6.07) is 8.08. The molecule has 1 aromatic carbocycles. The predicted octanol–water partition coefficient (Wildman–Crippen LogP) is 2.05. The monoisotopic (exact) mass is 253 g/mol. The molecule has 1 aliphatic heterocycles. The first-order valence-electron chi connectivity index (χ1n) is 6.18. The third-order valence-electron chi connectivity index (χ3n) is 3.50. The van der Waals surface area contributed by atoms with E-state index >= 15 is 0 Å². The van der Waals surface area contributed by atoms with Crippen LogP contribution in [0.15, 0.2) is 48.3 Å². The Morgan fingerprint density at radius 1 is 1.32 bits per heavy atom. The van der Waals surface area contributed by atoms with Crippen molar-refractivity contribution >= 4 is 16.8 Å². The van der Waals surface area contributed by atoms with Crippen molar-refractivity contribution in [2.45, 2.75) is 12.8 Å². The van der Waals surface area contributed by atoms with Gasteiger partial charge in [0.1, 0.15) is 0 Å². The van der Waals surface area contributed by atoms with Crippen LogP contribution in [-0.2, 0) is 4.79 Å². The Kier molecular flexibility index (Phi) is 2.63. The lowest BCUT2D eigenvalue weighted by Crippen LogP contribution is -2.23. The van der Waals surface area contributed by atoms with Crippen molar-refractivity contribution in [1.29, 1.82) is 0 Å². The summed E-state index contributed by atoms with van der Waals surface area (Å²) in [6.45, 7) is 2.02. The Bertz CT molecular complexity index is 709. The van der Waals surface area contributed by atoms with Crippen molar-refractivity contribution in [3.63, 3.8) is 0 Å². The first kappa shape index (κ1) is 11.6. The van der Waals surface area contributed by atoms with E-state index in [2.05, 4.69) is 16.4 Å². The molecule has 1 aromatic heterocycles. The van der Waals surface area contributed by atoms with Gasteiger partial charge in [-0.3, -0.25) is 4.79 Å². The molecule has 0 fully saturated rings. The van der Waals surface area contributed by atoms with Crippen LogP contribution in [0.3, 0.4) is 0 Å². The third-order valence-corrected chi connectivity index (χ3v) is 3.50. The summed E-state index contributed by atoms with van der Waals surface area (Å²) in [7, 11) is 0. The fraction of sp³-hybridized carbons (Fsp3) is 0.133. The lowest BCUT2D eigenvalue weighted by molar-refractivity contribution is -0.114. The minimum Gasteiger partial charge on any atom is -0.367 e. The van der Waals surface area contributed by atoms with Crippen molar-refractivity contribution in [2.75, 3.05) is 0 Å². The van der Waals surface area contributed by atoms with Crippen LogP contribution in [0.4, 0.5) is 0 Å². The number of hydrogen-bond acceptors (Lipinski definition) is 2. The van der Waals surface area contributed by atoms with Crippen molar-refractivity contribution in [1.82, 2.24) is 10.3 Å². The van der Waals surface area contributed by atoms with Crippen molar-refractivity contribution in [2.24, 2.45) is 5.73 Å². The molecule has 19 heavy (non-hydrogen) atoms. The molecule has 4 N–H and O–H groups in total. The molecule has 4 nitrogen and oxygen atoms in total. The fourth-order valence-electron chi connectivity index (χ4n) is 2.66. The van der Waals surface area contributed by atoms with E-state index in [1.54, 1.807) is 6.20 Å². The lowest BCUT2D eigenvalue weighted by atomic mass is 9.88. The van der Waals surface area contributed by atoms with Crippen LogP contribution >= 0.6 is 0 Å². The number of H-pyrrole nitrogens is 1. The lowest BCUT2D eigenvalue weighted by Gasteiger charge is -2.19. The van der Waals surface area contributed by atoms with Gasteiger partial charge in [0, 0.05) is 34.3 Å². The topological polar surface area (TPSA) is 70.9 Å². The fourth-order valence-corrected chi connectivity index (χ4v) is 2.66. The highest BCUT2D eigenvalue weighted by Crippen LogP contribution is 2.35. The molecule has 0 saturated heterocycles. The maximum absolute atomic E-state index is 11.6. The average molecular weight is 253 g/mol. The number of fused-ring (bicyclic) bond motifs is 1. The number of aryl methyl sites for hydroxylation is 1. The highest BCUT2D eigenvalue weighted by molar-refractivity contribution is 5.96. The minimum atomic E-state index is -0.397. The summed E-state index contributed by atoms with van der Waals surface area (Å²) in [5, 5.41) is 4.05. The van der Waals surface area contributed by atoms with E-state index < -0.39 is 5.91 Å². The van der Waals surface area contributed by atoms with Gasteiger partial charge in [-0.1, -0.05) is 24.3 Å². The number of hydrogen-bond donors (Lipinski definition) is 3. The van der Waals surface area contributed by atoms with Crippen LogP contribution < -0.4 is 11.1 Å². The van der Waals surface area contributed by atoms with Crippen LogP contribution in [0.1, 0.15) is 17.2 Å². The number of amides is 1. The first-order valence-corrected chi connectivity index (χ1v) is 6.18. The maximum atomic E-state index is 11.6. The molecule has 0 spiro atoms. The maximum Gasteiger partial charge on any atom is 0.247 e. The Morgan fingerprint density at radius 2 is 2.11 bits per heavy atom. The minimum absolute atomic E-state index is 0.102. The number of nitrogens with two attached hydrogens (primary N) is 1. The quantitative estimate of drug-likeness (QED) is 0.766. The van der Waals surface area contributed by atoms with Gasteiger partial charge in [-0.15, -0.1) is 0 Å². The Balaban J connectivity index is 2.21. The van der Waals surface area contributed by atoms with Crippen molar-refractivity contribution in [3.8, 4) is 0 Å². The Hall–Kier alpha value is -2.49. The number of allylic oxidation sites excluding steroid dienone is 1. The number of aromatic amines is 1. The zero-order valence-electron chi connectivity index (χ0n) is 10.6. The molecule has 3 rings (SSSR count). The smallest absolute Gasteiger partial charge is 0.247 e. The van der Waals surface area contributed by atoms with Gasteiger partial charge in [0.25, 0.3) is 0 Å². The predicted molar refractivity (Wildman–Crippen MR) is 75.3 cm³/mol. The van der Waals surface area contributed by atoms with E-state index in [1.165, 1.54) is 0 Å². The highest BCUT2D eigenvalue weighted by atomic mass is 16.1. The molecule has 96 valence electrons. The SMILES string of the molecule is Cc1[nH]c2ccccc2c1C1C=CNC=C1C(N)=O. The molecule has 1 atom stereocenters. The van der Waals surface area contributed by atoms with Gasteiger partial charge in [0.15, 0.2) is 0 Å². The number of dihydropyridines is 1. The number of carbonyl (C=O) groups is 1. The number of nitrogens with one attached hydrogen (secondary N) is 2. The zero-order valence-corrected chi connectivity index (χ0v) is 10.6. The van der Waals surface area contributed by atoms with Crippen LogP contribution in [-0.4, -0.2) is 10.9 Å².